The molecule has 212 valence electrons. The molecule has 0 spiro atoms. The lowest BCUT2D eigenvalue weighted by molar-refractivity contribution is 0.152. The van der Waals surface area contributed by atoms with E-state index in [4.69, 9.17) is 28.4 Å². The standard InChI is InChI=1S/C33H30O7.ClH/c1-35-29-17-25(18-30(21-29)36-2)7-5-23-9-13-27(14-10-23)39-33(34)40-28-15-11-24(12-16-28)6-8-26-19-31(37-3)22-32(20-26)38-4;/h5-22H,1-4H3;1H. The number of rotatable bonds is 10. The van der Waals surface area contributed by atoms with E-state index >= 15 is 0 Å². The van der Waals surface area contributed by atoms with Crippen molar-refractivity contribution in [2.45, 2.75) is 0 Å². The lowest BCUT2D eigenvalue weighted by Gasteiger charge is -2.07. The number of carbonyl (C=O) groups is 1. The first kappa shape index (κ1) is 30.7. The molecule has 0 aromatic heterocycles. The molecule has 0 saturated heterocycles. The average molecular weight is 575 g/mol. The van der Waals surface area contributed by atoms with Crippen molar-refractivity contribution in [3.63, 3.8) is 0 Å². The number of halogens is 1. The summed E-state index contributed by atoms with van der Waals surface area (Å²) in [4.78, 5) is 12.3. The molecule has 8 heteroatoms. The van der Waals surface area contributed by atoms with Gasteiger partial charge in [-0.05, 0) is 70.8 Å². The molecular formula is C33H31ClO7. The van der Waals surface area contributed by atoms with Crippen LogP contribution in [0, 0.1) is 0 Å². The molecule has 0 aliphatic carbocycles. The second-order valence-corrected chi connectivity index (χ2v) is 8.55. The van der Waals surface area contributed by atoms with E-state index in [0.29, 0.717) is 34.5 Å². The topological polar surface area (TPSA) is 72.5 Å². The third-order valence-corrected chi connectivity index (χ3v) is 5.85. The lowest BCUT2D eigenvalue weighted by atomic mass is 10.1. The minimum atomic E-state index is -0.821. The van der Waals surface area contributed by atoms with Gasteiger partial charge in [0.15, 0.2) is 0 Å². The van der Waals surface area contributed by atoms with Crippen LogP contribution in [0.4, 0.5) is 4.79 Å². The van der Waals surface area contributed by atoms with E-state index in [2.05, 4.69) is 0 Å². The normalized spacial score (nSPS) is 10.6. The maximum absolute atomic E-state index is 12.3. The third-order valence-electron chi connectivity index (χ3n) is 5.85. The van der Waals surface area contributed by atoms with Crippen LogP contribution in [0.5, 0.6) is 34.5 Å². The number of hydrogen-bond donors (Lipinski definition) is 0. The van der Waals surface area contributed by atoms with E-state index in [9.17, 15) is 4.79 Å². The van der Waals surface area contributed by atoms with Crippen molar-refractivity contribution in [2.75, 3.05) is 28.4 Å². The molecular weight excluding hydrogens is 544 g/mol. The first-order valence-electron chi connectivity index (χ1n) is 12.4. The molecule has 0 aliphatic rings. The minimum Gasteiger partial charge on any atom is -0.497 e. The van der Waals surface area contributed by atoms with Gasteiger partial charge in [0.05, 0.1) is 28.4 Å². The van der Waals surface area contributed by atoms with Crippen LogP contribution in [-0.2, 0) is 0 Å². The molecule has 0 bridgehead atoms. The molecule has 0 amide bonds. The third kappa shape index (κ3) is 9.08. The van der Waals surface area contributed by atoms with Gasteiger partial charge < -0.3 is 28.4 Å². The Kier molecular flexibility index (Phi) is 11.3. The highest BCUT2D eigenvalue weighted by molar-refractivity contribution is 5.85. The quantitative estimate of drug-likeness (QED) is 0.108. The number of hydrogen-bond acceptors (Lipinski definition) is 7. The Morgan fingerprint density at radius 2 is 0.732 bits per heavy atom. The summed E-state index contributed by atoms with van der Waals surface area (Å²) in [5.41, 5.74) is 3.72. The van der Waals surface area contributed by atoms with Crippen LogP contribution in [-0.4, -0.2) is 34.6 Å². The number of ether oxygens (including phenoxy) is 6. The Morgan fingerprint density at radius 1 is 0.439 bits per heavy atom. The van der Waals surface area contributed by atoms with Gasteiger partial charge in [-0.1, -0.05) is 48.6 Å². The van der Waals surface area contributed by atoms with Crippen molar-refractivity contribution in [3.8, 4) is 34.5 Å². The fraction of sp³-hybridized carbons (Fsp3) is 0.121. The average Bonchev–Trinajstić information content (AvgIpc) is 2.99. The molecule has 0 atom stereocenters. The van der Waals surface area contributed by atoms with Gasteiger partial charge in [0.2, 0.25) is 0 Å². The number of benzene rings is 4. The fourth-order valence-corrected chi connectivity index (χ4v) is 3.74. The van der Waals surface area contributed by atoms with Crippen molar-refractivity contribution in [1.82, 2.24) is 0 Å². The lowest BCUT2D eigenvalue weighted by Crippen LogP contribution is -2.13. The van der Waals surface area contributed by atoms with Crippen LogP contribution >= 0.6 is 12.4 Å². The molecule has 0 unspecified atom stereocenters. The van der Waals surface area contributed by atoms with Gasteiger partial charge in [-0.3, -0.25) is 0 Å². The summed E-state index contributed by atoms with van der Waals surface area (Å²) in [5, 5.41) is 0. The van der Waals surface area contributed by atoms with E-state index in [1.165, 1.54) is 0 Å². The predicted molar refractivity (Wildman–Crippen MR) is 164 cm³/mol. The molecule has 0 heterocycles. The molecule has 41 heavy (non-hydrogen) atoms. The highest BCUT2D eigenvalue weighted by Gasteiger charge is 2.08. The first-order valence-corrected chi connectivity index (χ1v) is 12.4. The van der Waals surface area contributed by atoms with Crippen molar-refractivity contribution < 1.29 is 33.2 Å². The zero-order chi connectivity index (χ0) is 28.3. The van der Waals surface area contributed by atoms with Gasteiger partial charge in [-0.25, -0.2) is 4.79 Å². The van der Waals surface area contributed by atoms with Crippen molar-refractivity contribution in [2.24, 2.45) is 0 Å². The van der Waals surface area contributed by atoms with E-state index in [1.54, 1.807) is 52.7 Å². The zero-order valence-corrected chi connectivity index (χ0v) is 24.0. The smallest absolute Gasteiger partial charge is 0.497 e. The van der Waals surface area contributed by atoms with Gasteiger partial charge in [-0.2, -0.15) is 0 Å². The second-order valence-electron chi connectivity index (χ2n) is 8.55. The van der Waals surface area contributed by atoms with Crippen LogP contribution in [0.3, 0.4) is 0 Å². The molecule has 0 saturated carbocycles. The van der Waals surface area contributed by atoms with Gasteiger partial charge >= 0.3 is 6.16 Å². The van der Waals surface area contributed by atoms with Crippen LogP contribution in [0.15, 0.2) is 84.9 Å². The summed E-state index contributed by atoms with van der Waals surface area (Å²) in [6.45, 7) is 0. The summed E-state index contributed by atoms with van der Waals surface area (Å²) >= 11 is 0. The second kappa shape index (κ2) is 15.1. The van der Waals surface area contributed by atoms with Crippen LogP contribution in [0.2, 0.25) is 0 Å². The summed E-state index contributed by atoms with van der Waals surface area (Å²) in [7, 11) is 6.45. The maximum atomic E-state index is 12.3. The molecule has 7 nitrogen and oxygen atoms in total. The molecule has 4 aromatic rings. The first-order chi connectivity index (χ1) is 19.5. The Bertz CT molecular complexity index is 1340. The van der Waals surface area contributed by atoms with Gasteiger partial charge in [0, 0.05) is 12.1 Å². The van der Waals surface area contributed by atoms with E-state index in [0.717, 1.165) is 22.3 Å². The summed E-state index contributed by atoms with van der Waals surface area (Å²) in [6, 6.07) is 25.5. The Morgan fingerprint density at radius 3 is 1.02 bits per heavy atom. The monoisotopic (exact) mass is 574 g/mol. The Hall–Kier alpha value is -4.88. The van der Waals surface area contributed by atoms with Crippen LogP contribution in [0.25, 0.3) is 24.3 Å². The van der Waals surface area contributed by atoms with Crippen molar-refractivity contribution in [3.05, 3.63) is 107 Å². The van der Waals surface area contributed by atoms with Gasteiger partial charge in [0.25, 0.3) is 0 Å². The van der Waals surface area contributed by atoms with Gasteiger partial charge in [0.1, 0.15) is 34.5 Å². The van der Waals surface area contributed by atoms with E-state index < -0.39 is 6.16 Å². The Balaban J connectivity index is 0.00000462. The summed E-state index contributed by atoms with van der Waals surface area (Å²) in [5.74, 6) is 3.59. The SMILES string of the molecule is COc1cc(C=Cc2ccc(OC(=O)Oc3ccc(C=Cc4cc(OC)cc(OC)c4)cc3)cc2)cc(OC)c1.Cl. The summed E-state index contributed by atoms with van der Waals surface area (Å²) < 4.78 is 31.9. The largest absolute Gasteiger partial charge is 0.519 e. The van der Waals surface area contributed by atoms with Crippen molar-refractivity contribution in [1.29, 1.82) is 0 Å². The number of methoxy groups -OCH3 is 4. The van der Waals surface area contributed by atoms with E-state index in [-0.39, 0.29) is 12.4 Å². The Labute approximate surface area is 246 Å². The number of carbonyl (C=O) groups excluding carboxylic acids is 1. The van der Waals surface area contributed by atoms with E-state index in [1.807, 2.05) is 85.0 Å². The molecule has 0 aliphatic heterocycles. The zero-order valence-electron chi connectivity index (χ0n) is 23.2. The molecule has 0 fully saturated rings. The minimum absolute atomic E-state index is 0. The fourth-order valence-electron chi connectivity index (χ4n) is 3.74. The van der Waals surface area contributed by atoms with Crippen LogP contribution in [0.1, 0.15) is 22.3 Å². The van der Waals surface area contributed by atoms with Crippen molar-refractivity contribution >= 4 is 42.9 Å². The molecule has 4 aromatic carbocycles. The molecule has 0 N–H and O–H groups in total. The highest BCUT2D eigenvalue weighted by atomic mass is 35.5. The summed E-state index contributed by atoms with van der Waals surface area (Å²) in [6.07, 6.45) is 6.95. The van der Waals surface area contributed by atoms with Gasteiger partial charge in [-0.15, -0.1) is 12.4 Å². The molecule has 0 radical (unpaired) electrons. The highest BCUT2D eigenvalue weighted by Crippen LogP contribution is 2.25. The molecule has 4 rings (SSSR count). The maximum Gasteiger partial charge on any atom is 0.519 e. The van der Waals surface area contributed by atoms with Crippen LogP contribution < -0.4 is 28.4 Å². The predicted octanol–water partition coefficient (Wildman–Crippen LogP) is 8.06.